The fraction of sp³-hybridized carbons (Fsp3) is 0.440. The van der Waals surface area contributed by atoms with Crippen molar-refractivity contribution in [2.45, 2.75) is 71.0 Å². The smallest absolute Gasteiger partial charge is 0.242 e. The van der Waals surface area contributed by atoms with Crippen LogP contribution in [0.4, 0.5) is 0 Å². The standard InChI is InChI=1S/C25H30Cl2N2O2/c1-17-8-10-19(11-9-17)14-24(30)29(16-20-12-13-21(26)15-23(20)27)18(2)25(31)28-22-6-4-3-5-7-22/h8-13,15,18,22H,3-7,14,16H2,1-2H3,(H,28,31)/t18-/m1/s1. The number of amides is 2. The van der Waals surface area contributed by atoms with Gasteiger partial charge in [-0.15, -0.1) is 0 Å². The Bertz CT molecular complexity index is 908. The number of benzene rings is 2. The minimum Gasteiger partial charge on any atom is -0.352 e. The van der Waals surface area contributed by atoms with E-state index in [1.807, 2.05) is 37.3 Å². The molecule has 1 atom stereocenters. The Balaban J connectivity index is 1.78. The summed E-state index contributed by atoms with van der Waals surface area (Å²) in [5.74, 6) is -0.226. The van der Waals surface area contributed by atoms with E-state index >= 15 is 0 Å². The van der Waals surface area contributed by atoms with Gasteiger partial charge in [-0.3, -0.25) is 9.59 Å². The number of carbonyl (C=O) groups is 2. The maximum absolute atomic E-state index is 13.3. The Morgan fingerprint density at radius 3 is 2.39 bits per heavy atom. The molecule has 0 aromatic heterocycles. The molecule has 2 aromatic carbocycles. The minimum absolute atomic E-state index is 0.110. The summed E-state index contributed by atoms with van der Waals surface area (Å²) in [6.45, 7) is 4.05. The highest BCUT2D eigenvalue weighted by molar-refractivity contribution is 6.35. The van der Waals surface area contributed by atoms with E-state index in [0.717, 1.165) is 42.4 Å². The van der Waals surface area contributed by atoms with Crippen LogP contribution < -0.4 is 5.32 Å². The van der Waals surface area contributed by atoms with Crippen LogP contribution in [-0.4, -0.2) is 28.8 Å². The van der Waals surface area contributed by atoms with Gasteiger partial charge in [0.15, 0.2) is 0 Å². The molecule has 1 aliphatic rings. The Hall–Kier alpha value is -2.04. The molecule has 4 nitrogen and oxygen atoms in total. The number of carbonyl (C=O) groups excluding carboxylic acids is 2. The van der Waals surface area contributed by atoms with Crippen LogP contribution in [0.5, 0.6) is 0 Å². The highest BCUT2D eigenvalue weighted by Gasteiger charge is 2.28. The molecule has 0 unspecified atom stereocenters. The average molecular weight is 461 g/mol. The third-order valence-electron chi connectivity index (χ3n) is 5.95. The first-order chi connectivity index (χ1) is 14.8. The number of halogens is 2. The molecule has 0 spiro atoms. The fourth-order valence-electron chi connectivity index (χ4n) is 3.97. The largest absolute Gasteiger partial charge is 0.352 e. The quantitative estimate of drug-likeness (QED) is 0.574. The molecule has 1 N–H and O–H groups in total. The molecule has 6 heteroatoms. The van der Waals surface area contributed by atoms with Crippen molar-refractivity contribution in [1.82, 2.24) is 10.2 Å². The second-order valence-electron chi connectivity index (χ2n) is 8.44. The van der Waals surface area contributed by atoms with Crippen molar-refractivity contribution in [3.8, 4) is 0 Å². The molecule has 166 valence electrons. The lowest BCUT2D eigenvalue weighted by molar-refractivity contribution is -0.140. The maximum Gasteiger partial charge on any atom is 0.242 e. The molecule has 1 fully saturated rings. The second kappa shape index (κ2) is 11.0. The van der Waals surface area contributed by atoms with Gasteiger partial charge in [-0.1, -0.05) is 78.4 Å². The van der Waals surface area contributed by atoms with Crippen molar-refractivity contribution in [3.63, 3.8) is 0 Å². The van der Waals surface area contributed by atoms with Gasteiger partial charge in [0.2, 0.25) is 11.8 Å². The van der Waals surface area contributed by atoms with Gasteiger partial charge in [-0.2, -0.15) is 0 Å². The summed E-state index contributed by atoms with van der Waals surface area (Å²) < 4.78 is 0. The van der Waals surface area contributed by atoms with E-state index in [4.69, 9.17) is 23.2 Å². The van der Waals surface area contributed by atoms with E-state index in [0.29, 0.717) is 10.0 Å². The normalized spacial score (nSPS) is 15.4. The van der Waals surface area contributed by atoms with Crippen LogP contribution in [0.3, 0.4) is 0 Å². The van der Waals surface area contributed by atoms with Gasteiger partial charge in [-0.25, -0.2) is 0 Å². The number of hydrogen-bond donors (Lipinski definition) is 1. The van der Waals surface area contributed by atoms with E-state index in [9.17, 15) is 9.59 Å². The molecule has 1 saturated carbocycles. The topological polar surface area (TPSA) is 49.4 Å². The fourth-order valence-corrected chi connectivity index (χ4v) is 4.44. The number of nitrogens with zero attached hydrogens (tertiary/aromatic N) is 1. The van der Waals surface area contributed by atoms with Crippen molar-refractivity contribution >= 4 is 35.0 Å². The molecule has 1 aliphatic carbocycles. The van der Waals surface area contributed by atoms with Crippen molar-refractivity contribution in [1.29, 1.82) is 0 Å². The van der Waals surface area contributed by atoms with Crippen molar-refractivity contribution in [3.05, 3.63) is 69.2 Å². The van der Waals surface area contributed by atoms with E-state index in [1.165, 1.54) is 6.42 Å². The van der Waals surface area contributed by atoms with Gasteiger partial charge >= 0.3 is 0 Å². The van der Waals surface area contributed by atoms with Crippen molar-refractivity contribution in [2.24, 2.45) is 0 Å². The molecule has 2 aromatic rings. The Morgan fingerprint density at radius 1 is 1.06 bits per heavy atom. The maximum atomic E-state index is 13.3. The van der Waals surface area contributed by atoms with Gasteiger partial charge in [0.25, 0.3) is 0 Å². The third-order valence-corrected chi connectivity index (χ3v) is 6.54. The van der Waals surface area contributed by atoms with Gasteiger partial charge in [0, 0.05) is 22.6 Å². The molecule has 0 bridgehead atoms. The van der Waals surface area contributed by atoms with Gasteiger partial charge in [0.1, 0.15) is 6.04 Å². The molecule has 31 heavy (non-hydrogen) atoms. The predicted octanol–water partition coefficient (Wildman–Crippen LogP) is 5.71. The van der Waals surface area contributed by atoms with Gasteiger partial charge in [-0.05, 0) is 49.9 Å². The summed E-state index contributed by atoms with van der Waals surface area (Å²) in [5, 5.41) is 4.17. The number of rotatable bonds is 7. The molecular weight excluding hydrogens is 431 g/mol. The van der Waals surface area contributed by atoms with Crippen LogP contribution in [0.1, 0.15) is 55.7 Å². The summed E-state index contributed by atoms with van der Waals surface area (Å²) in [7, 11) is 0. The van der Waals surface area contributed by atoms with Crippen molar-refractivity contribution in [2.75, 3.05) is 0 Å². The summed E-state index contributed by atoms with van der Waals surface area (Å²) in [4.78, 5) is 27.9. The van der Waals surface area contributed by atoms with E-state index in [1.54, 1.807) is 24.0 Å². The summed E-state index contributed by atoms with van der Waals surface area (Å²) in [6, 6.07) is 12.7. The number of hydrogen-bond acceptors (Lipinski definition) is 2. The van der Waals surface area contributed by atoms with Crippen molar-refractivity contribution < 1.29 is 9.59 Å². The van der Waals surface area contributed by atoms with Crippen LogP contribution in [0, 0.1) is 6.92 Å². The third kappa shape index (κ3) is 6.72. The first-order valence-electron chi connectivity index (χ1n) is 10.9. The highest BCUT2D eigenvalue weighted by Crippen LogP contribution is 2.24. The van der Waals surface area contributed by atoms with Crippen LogP contribution >= 0.6 is 23.2 Å². The zero-order valence-electron chi connectivity index (χ0n) is 18.2. The predicted molar refractivity (Wildman–Crippen MR) is 126 cm³/mol. The summed E-state index contributed by atoms with van der Waals surface area (Å²) >= 11 is 12.4. The van der Waals surface area contributed by atoms with Gasteiger partial charge in [0.05, 0.1) is 6.42 Å². The summed E-state index contributed by atoms with van der Waals surface area (Å²) in [5.41, 5.74) is 2.82. The molecule has 0 heterocycles. The monoisotopic (exact) mass is 460 g/mol. The zero-order valence-corrected chi connectivity index (χ0v) is 19.7. The Morgan fingerprint density at radius 2 is 1.74 bits per heavy atom. The van der Waals surface area contributed by atoms with Crippen LogP contribution in [0.25, 0.3) is 0 Å². The Kier molecular flexibility index (Phi) is 8.39. The highest BCUT2D eigenvalue weighted by atomic mass is 35.5. The lowest BCUT2D eigenvalue weighted by Crippen LogP contribution is -2.50. The molecule has 2 amide bonds. The first kappa shape index (κ1) is 23.6. The van der Waals surface area contributed by atoms with E-state index in [2.05, 4.69) is 5.32 Å². The average Bonchev–Trinajstić information content (AvgIpc) is 2.75. The molecule has 3 rings (SSSR count). The number of aryl methyl sites for hydroxylation is 1. The first-order valence-corrected chi connectivity index (χ1v) is 11.7. The van der Waals surface area contributed by atoms with Crippen LogP contribution in [-0.2, 0) is 22.6 Å². The second-order valence-corrected chi connectivity index (χ2v) is 9.28. The van der Waals surface area contributed by atoms with Crippen LogP contribution in [0.15, 0.2) is 42.5 Å². The molecule has 0 saturated heterocycles. The lowest BCUT2D eigenvalue weighted by atomic mass is 9.95. The minimum atomic E-state index is -0.605. The van der Waals surface area contributed by atoms with E-state index in [-0.39, 0.29) is 30.8 Å². The molecular formula is C25H30Cl2N2O2. The molecule has 0 aliphatic heterocycles. The molecule has 0 radical (unpaired) electrons. The zero-order chi connectivity index (χ0) is 22.4. The number of nitrogens with one attached hydrogen (secondary N) is 1. The lowest BCUT2D eigenvalue weighted by Gasteiger charge is -2.31. The SMILES string of the molecule is Cc1ccc(CC(=O)N(Cc2ccc(Cl)cc2Cl)[C@H](C)C(=O)NC2CCCCC2)cc1. The van der Waals surface area contributed by atoms with Crippen LogP contribution in [0.2, 0.25) is 10.0 Å². The van der Waals surface area contributed by atoms with E-state index < -0.39 is 6.04 Å². The van der Waals surface area contributed by atoms with Gasteiger partial charge < -0.3 is 10.2 Å². The summed E-state index contributed by atoms with van der Waals surface area (Å²) in [6.07, 6.45) is 5.72. The Labute approximate surface area is 194 Å².